The van der Waals surface area contributed by atoms with Gasteiger partial charge in [0.05, 0.1) is 18.2 Å². The Morgan fingerprint density at radius 1 is 1.00 bits per heavy atom. The van der Waals surface area contributed by atoms with E-state index in [0.717, 1.165) is 0 Å². The molecule has 0 radical (unpaired) electrons. The van der Waals surface area contributed by atoms with E-state index in [1.807, 2.05) is 13.8 Å². The Balaban J connectivity index is 3.03. The number of hydrogen-bond acceptors (Lipinski definition) is 7. The lowest BCUT2D eigenvalue weighted by Gasteiger charge is -2.42. The quantitative estimate of drug-likeness (QED) is 0.197. The molecule has 0 aliphatic heterocycles. The van der Waals surface area contributed by atoms with Crippen LogP contribution in [-0.2, 0) is 20.8 Å². The maximum Gasteiger partial charge on any atom is 0.243 e. The number of carbonyl (C=O) groups excluding carboxylic acids is 3. The SMILES string of the molecule is CC(=O)N[C@@H](CC(C)C)C(=O)N[C@@H](C)C(=O)N[C@@H](Cc1ccccc1)C(O)(O)[C@@](C)(N)CO. The lowest BCUT2D eigenvalue weighted by atomic mass is 9.84. The van der Waals surface area contributed by atoms with Gasteiger partial charge in [0.25, 0.3) is 0 Å². The first-order valence-corrected chi connectivity index (χ1v) is 11.0. The van der Waals surface area contributed by atoms with Gasteiger partial charge in [-0.25, -0.2) is 0 Å². The van der Waals surface area contributed by atoms with E-state index in [1.54, 1.807) is 30.3 Å². The second-order valence-electron chi connectivity index (χ2n) is 9.17. The number of rotatable bonds is 12. The summed E-state index contributed by atoms with van der Waals surface area (Å²) in [7, 11) is 0. The molecule has 33 heavy (non-hydrogen) atoms. The molecule has 3 amide bonds. The Morgan fingerprint density at radius 3 is 2.06 bits per heavy atom. The van der Waals surface area contributed by atoms with Crippen LogP contribution in [-0.4, -0.2) is 69.1 Å². The van der Waals surface area contributed by atoms with Gasteiger partial charge in [-0.15, -0.1) is 0 Å². The van der Waals surface area contributed by atoms with Crippen molar-refractivity contribution in [3.63, 3.8) is 0 Å². The standard InChI is InChI=1S/C23H38N4O6/c1-14(2)11-18(26-16(4)29)21(31)25-15(3)20(30)27-19(12-17-9-7-6-8-10-17)23(32,33)22(5,24)13-28/h6-10,14-15,18-19,28,32-33H,11-13,24H2,1-5H3,(H,25,31)(H,26,29)(H,27,30)/t15-,18-,19-,22-/m0/s1. The molecule has 1 rings (SSSR count). The molecule has 1 aromatic rings. The number of amides is 3. The predicted octanol–water partition coefficient (Wildman–Crippen LogP) is -0.840. The van der Waals surface area contributed by atoms with Crippen molar-refractivity contribution in [3.05, 3.63) is 35.9 Å². The summed E-state index contributed by atoms with van der Waals surface area (Å²) in [6.07, 6.45) is 0.393. The highest BCUT2D eigenvalue weighted by molar-refractivity contribution is 5.91. The third-order valence-corrected chi connectivity index (χ3v) is 5.41. The minimum absolute atomic E-state index is 0.00883. The zero-order valence-corrected chi connectivity index (χ0v) is 20.0. The third kappa shape index (κ3) is 8.39. The average Bonchev–Trinajstić information content (AvgIpc) is 2.72. The lowest BCUT2D eigenvalue weighted by Crippen LogP contribution is -2.71. The Bertz CT molecular complexity index is 797. The molecule has 0 saturated carbocycles. The molecule has 0 saturated heterocycles. The molecule has 0 bridgehead atoms. The fraction of sp³-hybridized carbons (Fsp3) is 0.609. The van der Waals surface area contributed by atoms with Crippen molar-refractivity contribution in [1.82, 2.24) is 16.0 Å². The van der Waals surface area contributed by atoms with Crippen LogP contribution in [0, 0.1) is 5.92 Å². The first kappa shape index (κ1) is 28.5. The second kappa shape index (κ2) is 12.1. The molecule has 0 fully saturated rings. The number of benzene rings is 1. The van der Waals surface area contributed by atoms with E-state index in [1.165, 1.54) is 20.8 Å². The molecule has 0 aliphatic rings. The monoisotopic (exact) mass is 466 g/mol. The van der Waals surface area contributed by atoms with Gasteiger partial charge in [0.1, 0.15) is 12.1 Å². The van der Waals surface area contributed by atoms with Crippen molar-refractivity contribution in [3.8, 4) is 0 Å². The molecule has 0 spiro atoms. The highest BCUT2D eigenvalue weighted by Crippen LogP contribution is 2.23. The van der Waals surface area contributed by atoms with Crippen LogP contribution >= 0.6 is 0 Å². The van der Waals surface area contributed by atoms with Crippen molar-refractivity contribution in [2.24, 2.45) is 11.7 Å². The van der Waals surface area contributed by atoms with Crippen LogP contribution in [0.3, 0.4) is 0 Å². The molecule has 1 aromatic carbocycles. The van der Waals surface area contributed by atoms with Crippen molar-refractivity contribution in [2.75, 3.05) is 6.61 Å². The smallest absolute Gasteiger partial charge is 0.243 e. The molecule has 8 N–H and O–H groups in total. The number of aliphatic hydroxyl groups excluding tert-OH is 1. The Labute approximate surface area is 194 Å². The maximum absolute atomic E-state index is 12.9. The molecule has 4 atom stereocenters. The van der Waals surface area contributed by atoms with Gasteiger partial charge < -0.3 is 37.0 Å². The number of nitrogens with one attached hydrogen (secondary N) is 3. The van der Waals surface area contributed by atoms with Gasteiger partial charge in [-0.1, -0.05) is 44.2 Å². The van der Waals surface area contributed by atoms with Crippen molar-refractivity contribution >= 4 is 17.7 Å². The maximum atomic E-state index is 12.9. The van der Waals surface area contributed by atoms with Crippen molar-refractivity contribution in [2.45, 2.75) is 76.9 Å². The molecule has 0 unspecified atom stereocenters. The summed E-state index contributed by atoms with van der Waals surface area (Å²) in [5.74, 6) is -4.13. The van der Waals surface area contributed by atoms with E-state index in [2.05, 4.69) is 16.0 Å². The number of nitrogens with two attached hydrogens (primary N) is 1. The van der Waals surface area contributed by atoms with E-state index < -0.39 is 47.9 Å². The molecule has 186 valence electrons. The van der Waals surface area contributed by atoms with E-state index in [9.17, 15) is 29.7 Å². The highest BCUT2D eigenvalue weighted by Gasteiger charge is 2.49. The van der Waals surface area contributed by atoms with E-state index in [0.29, 0.717) is 12.0 Å². The first-order chi connectivity index (χ1) is 15.2. The summed E-state index contributed by atoms with van der Waals surface area (Å²) in [6, 6.07) is 5.66. The average molecular weight is 467 g/mol. The first-order valence-electron chi connectivity index (χ1n) is 11.0. The molecule has 0 aromatic heterocycles. The van der Waals surface area contributed by atoms with Gasteiger partial charge in [-0.2, -0.15) is 0 Å². The highest BCUT2D eigenvalue weighted by atomic mass is 16.5. The summed E-state index contributed by atoms with van der Waals surface area (Å²) in [5.41, 5.74) is 4.75. The molecule has 10 heteroatoms. The Hall–Kier alpha value is -2.53. The van der Waals surface area contributed by atoms with E-state index in [-0.39, 0.29) is 18.2 Å². The summed E-state index contributed by atoms with van der Waals surface area (Å²) in [4.78, 5) is 37.0. The lowest BCUT2D eigenvalue weighted by molar-refractivity contribution is -0.232. The van der Waals surface area contributed by atoms with Gasteiger partial charge in [0, 0.05) is 6.92 Å². The fourth-order valence-corrected chi connectivity index (χ4v) is 3.28. The minimum Gasteiger partial charge on any atom is -0.394 e. The van der Waals surface area contributed by atoms with Gasteiger partial charge in [-0.3, -0.25) is 14.4 Å². The fourth-order valence-electron chi connectivity index (χ4n) is 3.28. The summed E-state index contributed by atoms with van der Waals surface area (Å²) in [6.45, 7) is 7.06. The van der Waals surface area contributed by atoms with Crippen molar-refractivity contribution < 1.29 is 29.7 Å². The summed E-state index contributed by atoms with van der Waals surface area (Å²) in [5, 5.41) is 38.8. The van der Waals surface area contributed by atoms with Crippen LogP contribution in [0.1, 0.15) is 46.6 Å². The Morgan fingerprint density at radius 2 is 1.58 bits per heavy atom. The Kier molecular flexibility index (Phi) is 10.4. The van der Waals surface area contributed by atoms with E-state index in [4.69, 9.17) is 5.73 Å². The molecule has 0 heterocycles. The van der Waals surface area contributed by atoms with Crippen LogP contribution < -0.4 is 21.7 Å². The van der Waals surface area contributed by atoms with Gasteiger partial charge in [-0.05, 0) is 38.2 Å². The van der Waals surface area contributed by atoms with Crippen LogP contribution in [0.4, 0.5) is 0 Å². The van der Waals surface area contributed by atoms with Gasteiger partial charge >= 0.3 is 0 Å². The number of hydrogen-bond donors (Lipinski definition) is 7. The number of aliphatic hydroxyl groups is 3. The van der Waals surface area contributed by atoms with Crippen LogP contribution in [0.15, 0.2) is 30.3 Å². The summed E-state index contributed by atoms with van der Waals surface area (Å²) < 4.78 is 0. The molecule has 0 aliphatic carbocycles. The minimum atomic E-state index is -2.67. The van der Waals surface area contributed by atoms with Crippen LogP contribution in [0.25, 0.3) is 0 Å². The van der Waals surface area contributed by atoms with E-state index >= 15 is 0 Å². The van der Waals surface area contributed by atoms with Crippen molar-refractivity contribution in [1.29, 1.82) is 0 Å². The third-order valence-electron chi connectivity index (χ3n) is 5.41. The second-order valence-corrected chi connectivity index (χ2v) is 9.17. The van der Waals surface area contributed by atoms with Gasteiger partial charge in [0.2, 0.25) is 23.5 Å². The van der Waals surface area contributed by atoms with Crippen LogP contribution in [0.2, 0.25) is 0 Å². The molecular weight excluding hydrogens is 428 g/mol. The van der Waals surface area contributed by atoms with Crippen LogP contribution in [0.5, 0.6) is 0 Å². The molecular formula is C23H38N4O6. The topological polar surface area (TPSA) is 174 Å². The molecule has 10 nitrogen and oxygen atoms in total. The zero-order chi connectivity index (χ0) is 25.4. The number of carbonyl (C=O) groups is 3. The predicted molar refractivity (Wildman–Crippen MR) is 124 cm³/mol. The van der Waals surface area contributed by atoms with Gasteiger partial charge in [0.15, 0.2) is 0 Å². The normalized spacial score (nSPS) is 16.3. The zero-order valence-electron chi connectivity index (χ0n) is 20.0. The summed E-state index contributed by atoms with van der Waals surface area (Å²) >= 11 is 0. The largest absolute Gasteiger partial charge is 0.394 e.